The van der Waals surface area contributed by atoms with E-state index in [4.69, 9.17) is 5.11 Å². The number of carbonyl (C=O) groups excluding carboxylic acids is 2. The van der Waals surface area contributed by atoms with Gasteiger partial charge < -0.3 is 15.7 Å². The molecule has 0 saturated heterocycles. The summed E-state index contributed by atoms with van der Waals surface area (Å²) in [7, 11) is 1.54. The zero-order valence-corrected chi connectivity index (χ0v) is 11.4. The monoisotopic (exact) mass is 270 g/mol. The van der Waals surface area contributed by atoms with E-state index in [1.807, 2.05) is 6.92 Å². The Bertz CT molecular complexity index is 357. The normalized spacial score (nSPS) is 25.9. The highest BCUT2D eigenvalue weighted by Crippen LogP contribution is 2.38. The van der Waals surface area contributed by atoms with E-state index in [2.05, 4.69) is 10.6 Å². The van der Waals surface area contributed by atoms with Gasteiger partial charge in [0, 0.05) is 20.0 Å². The highest BCUT2D eigenvalue weighted by molar-refractivity contribution is 5.85. The van der Waals surface area contributed by atoms with Gasteiger partial charge in [0.25, 0.3) is 0 Å². The lowest BCUT2D eigenvalue weighted by atomic mass is 9.95. The van der Waals surface area contributed by atoms with E-state index in [1.54, 1.807) is 0 Å². The predicted octanol–water partition coefficient (Wildman–Crippen LogP) is 0.376. The summed E-state index contributed by atoms with van der Waals surface area (Å²) >= 11 is 0. The Kier molecular flexibility index (Phi) is 5.79. The van der Waals surface area contributed by atoms with Crippen LogP contribution in [0, 0.1) is 17.8 Å². The number of amides is 2. The molecule has 19 heavy (non-hydrogen) atoms. The highest BCUT2D eigenvalue weighted by Gasteiger charge is 2.41. The van der Waals surface area contributed by atoms with Crippen molar-refractivity contribution in [1.29, 1.82) is 0 Å². The average Bonchev–Trinajstić information content (AvgIpc) is 2.82. The quantitative estimate of drug-likeness (QED) is 0.650. The van der Waals surface area contributed by atoms with Crippen molar-refractivity contribution in [3.05, 3.63) is 0 Å². The summed E-state index contributed by atoms with van der Waals surface area (Å²) in [5, 5.41) is 14.3. The largest absolute Gasteiger partial charge is 0.481 e. The summed E-state index contributed by atoms with van der Waals surface area (Å²) in [6, 6.07) is 0. The number of carboxylic acid groups (broad SMARTS) is 1. The topological polar surface area (TPSA) is 95.5 Å². The van der Waals surface area contributed by atoms with E-state index >= 15 is 0 Å². The minimum atomic E-state index is -0.901. The third-order valence-corrected chi connectivity index (χ3v) is 3.82. The Morgan fingerprint density at radius 2 is 1.84 bits per heavy atom. The van der Waals surface area contributed by atoms with Crippen LogP contribution in [0.3, 0.4) is 0 Å². The van der Waals surface area contributed by atoms with Crippen molar-refractivity contribution in [3.8, 4) is 0 Å². The van der Waals surface area contributed by atoms with Crippen molar-refractivity contribution < 1.29 is 19.5 Å². The number of aliphatic carboxylic acids is 1. The molecule has 1 fully saturated rings. The second kappa shape index (κ2) is 7.11. The van der Waals surface area contributed by atoms with Crippen molar-refractivity contribution in [2.45, 2.75) is 32.6 Å². The maximum absolute atomic E-state index is 12.0. The van der Waals surface area contributed by atoms with Gasteiger partial charge in [-0.05, 0) is 18.8 Å². The Labute approximate surface area is 112 Å². The van der Waals surface area contributed by atoms with E-state index in [-0.39, 0.29) is 24.8 Å². The molecule has 6 nitrogen and oxygen atoms in total. The Morgan fingerprint density at radius 3 is 2.37 bits per heavy atom. The van der Waals surface area contributed by atoms with Crippen molar-refractivity contribution in [1.82, 2.24) is 10.6 Å². The van der Waals surface area contributed by atoms with Crippen molar-refractivity contribution in [2.24, 2.45) is 17.8 Å². The van der Waals surface area contributed by atoms with Crippen LogP contribution in [-0.4, -0.2) is 36.5 Å². The molecule has 6 heteroatoms. The molecule has 0 aromatic rings. The standard InChI is InChI=1S/C13H22N2O4/c1-3-8-6-9(10(7-8)13(18)19)12(17)15-5-4-11(16)14-2/h8-10H,3-7H2,1-2H3,(H,14,16)(H,15,17)(H,18,19)/t8?,9-,10+/m0/s1. The second-order valence-electron chi connectivity index (χ2n) is 5.01. The number of nitrogens with one attached hydrogen (secondary N) is 2. The van der Waals surface area contributed by atoms with Gasteiger partial charge in [-0.2, -0.15) is 0 Å². The molecule has 0 heterocycles. The Hall–Kier alpha value is -1.59. The molecule has 3 atom stereocenters. The van der Waals surface area contributed by atoms with Crippen LogP contribution < -0.4 is 10.6 Å². The third kappa shape index (κ3) is 4.22. The van der Waals surface area contributed by atoms with Crippen molar-refractivity contribution in [3.63, 3.8) is 0 Å². The molecule has 1 saturated carbocycles. The molecule has 108 valence electrons. The predicted molar refractivity (Wildman–Crippen MR) is 69.3 cm³/mol. The average molecular weight is 270 g/mol. The summed E-state index contributed by atoms with van der Waals surface area (Å²) in [5.74, 6) is -2.05. The first-order chi connectivity index (χ1) is 8.99. The molecule has 1 rings (SSSR count). The van der Waals surface area contributed by atoms with Crippen LogP contribution in [0.1, 0.15) is 32.6 Å². The molecule has 1 aliphatic rings. The zero-order chi connectivity index (χ0) is 14.4. The summed E-state index contributed by atoms with van der Waals surface area (Å²) in [4.78, 5) is 34.2. The third-order valence-electron chi connectivity index (χ3n) is 3.82. The van der Waals surface area contributed by atoms with E-state index < -0.39 is 17.8 Å². The van der Waals surface area contributed by atoms with Crippen LogP contribution in [0.5, 0.6) is 0 Å². The van der Waals surface area contributed by atoms with Gasteiger partial charge in [-0.3, -0.25) is 14.4 Å². The van der Waals surface area contributed by atoms with Crippen molar-refractivity contribution in [2.75, 3.05) is 13.6 Å². The lowest BCUT2D eigenvalue weighted by Crippen LogP contribution is -2.37. The van der Waals surface area contributed by atoms with Gasteiger partial charge >= 0.3 is 5.97 Å². The first-order valence-electron chi connectivity index (χ1n) is 6.70. The molecule has 0 spiro atoms. The number of rotatable bonds is 6. The number of hydrogen-bond donors (Lipinski definition) is 3. The van der Waals surface area contributed by atoms with Crippen molar-refractivity contribution >= 4 is 17.8 Å². The van der Waals surface area contributed by atoms with Gasteiger partial charge in [-0.15, -0.1) is 0 Å². The molecular weight excluding hydrogens is 248 g/mol. The zero-order valence-electron chi connectivity index (χ0n) is 11.4. The van der Waals surface area contributed by atoms with Gasteiger partial charge in [0.05, 0.1) is 11.8 Å². The van der Waals surface area contributed by atoms with Crippen LogP contribution in [0.25, 0.3) is 0 Å². The van der Waals surface area contributed by atoms with Crippen LogP contribution in [0.2, 0.25) is 0 Å². The fourth-order valence-electron chi connectivity index (χ4n) is 2.59. The van der Waals surface area contributed by atoms with Crippen LogP contribution in [0.4, 0.5) is 0 Å². The summed E-state index contributed by atoms with van der Waals surface area (Å²) < 4.78 is 0. The lowest BCUT2D eigenvalue weighted by Gasteiger charge is -2.15. The minimum Gasteiger partial charge on any atom is -0.481 e. The fourth-order valence-corrected chi connectivity index (χ4v) is 2.59. The first kappa shape index (κ1) is 15.5. The molecule has 1 aliphatic carbocycles. The molecule has 2 amide bonds. The first-order valence-corrected chi connectivity index (χ1v) is 6.70. The van der Waals surface area contributed by atoms with Gasteiger partial charge in [0.1, 0.15) is 0 Å². The number of carbonyl (C=O) groups is 3. The van der Waals surface area contributed by atoms with E-state index in [1.165, 1.54) is 7.05 Å². The van der Waals surface area contributed by atoms with Crippen LogP contribution in [-0.2, 0) is 14.4 Å². The molecule has 0 aromatic heterocycles. The lowest BCUT2D eigenvalue weighted by molar-refractivity contribution is -0.146. The second-order valence-corrected chi connectivity index (χ2v) is 5.01. The smallest absolute Gasteiger partial charge is 0.307 e. The summed E-state index contributed by atoms with van der Waals surface area (Å²) in [5.41, 5.74) is 0. The van der Waals surface area contributed by atoms with E-state index in [0.29, 0.717) is 18.8 Å². The molecule has 0 aliphatic heterocycles. The molecule has 0 aromatic carbocycles. The number of hydrogen-bond acceptors (Lipinski definition) is 3. The maximum atomic E-state index is 12.0. The molecular formula is C13H22N2O4. The molecule has 0 bridgehead atoms. The van der Waals surface area contributed by atoms with Gasteiger partial charge in [-0.1, -0.05) is 13.3 Å². The highest BCUT2D eigenvalue weighted by atomic mass is 16.4. The molecule has 0 radical (unpaired) electrons. The Morgan fingerprint density at radius 1 is 1.21 bits per heavy atom. The molecule has 1 unspecified atom stereocenters. The van der Waals surface area contributed by atoms with Gasteiger partial charge in [0.2, 0.25) is 11.8 Å². The van der Waals surface area contributed by atoms with Crippen LogP contribution in [0.15, 0.2) is 0 Å². The van der Waals surface area contributed by atoms with Gasteiger partial charge in [-0.25, -0.2) is 0 Å². The Balaban J connectivity index is 2.49. The molecule has 3 N–H and O–H groups in total. The fraction of sp³-hybridized carbons (Fsp3) is 0.769. The summed E-state index contributed by atoms with van der Waals surface area (Å²) in [6.45, 7) is 2.26. The van der Waals surface area contributed by atoms with E-state index in [9.17, 15) is 14.4 Å². The van der Waals surface area contributed by atoms with Crippen LogP contribution >= 0.6 is 0 Å². The SMILES string of the molecule is CCC1C[C@H](C(=O)NCCC(=O)NC)[C@H](C(=O)O)C1. The van der Waals surface area contributed by atoms with Gasteiger partial charge in [0.15, 0.2) is 0 Å². The summed E-state index contributed by atoms with van der Waals surface area (Å²) in [6.07, 6.45) is 2.30. The van der Waals surface area contributed by atoms with E-state index in [0.717, 1.165) is 6.42 Å². The number of carboxylic acids is 1. The maximum Gasteiger partial charge on any atom is 0.307 e. The minimum absolute atomic E-state index is 0.145.